The molecule has 0 saturated carbocycles. The number of aromatic hydroxyl groups is 1. The summed E-state index contributed by atoms with van der Waals surface area (Å²) in [5, 5.41) is 15.2. The van der Waals surface area contributed by atoms with Crippen LogP contribution < -0.4 is 0 Å². The first-order chi connectivity index (χ1) is 13.1. The van der Waals surface area contributed by atoms with Crippen LogP contribution in [0.25, 0.3) is 4.96 Å². The molecule has 7 nitrogen and oxygen atoms in total. The van der Waals surface area contributed by atoms with Gasteiger partial charge in [-0.2, -0.15) is 4.52 Å². The Bertz CT molecular complexity index is 884. The summed E-state index contributed by atoms with van der Waals surface area (Å²) in [6.07, 6.45) is 0. The van der Waals surface area contributed by atoms with Crippen LogP contribution in [0, 0.1) is 13.8 Å². The number of aryl methyl sites for hydroxylation is 2. The zero-order valence-electron chi connectivity index (χ0n) is 16.2. The lowest BCUT2D eigenvalue weighted by Crippen LogP contribution is -2.35. The van der Waals surface area contributed by atoms with Crippen LogP contribution in [0.4, 0.5) is 0 Å². The third-order valence-corrected chi connectivity index (χ3v) is 5.64. The first-order valence-corrected chi connectivity index (χ1v) is 9.71. The third-order valence-electron chi connectivity index (χ3n) is 4.57. The minimum atomic E-state index is -0.134. The lowest BCUT2D eigenvalue weighted by Gasteiger charge is -2.32. The van der Waals surface area contributed by atoms with Gasteiger partial charge >= 0.3 is 0 Å². The van der Waals surface area contributed by atoms with E-state index in [1.54, 1.807) is 14.2 Å². The molecular formula is C19H26N4O3S. The van der Waals surface area contributed by atoms with Crippen LogP contribution >= 0.6 is 11.3 Å². The SMILES string of the molecule is COCCN(CCOC)C(c1ccccc1C)c1sc2nc(C)nn2c1O. The standard InChI is InChI=1S/C19H26N4O3S/c1-13-7-5-6-8-15(13)16(22(9-11-25-3)10-12-26-4)17-18(24)23-19(27-17)20-14(2)21-23/h5-8,16,24H,9-12H2,1-4H3. The minimum absolute atomic E-state index is 0.134. The van der Waals surface area contributed by atoms with Crippen molar-refractivity contribution in [2.75, 3.05) is 40.5 Å². The Morgan fingerprint density at radius 3 is 2.41 bits per heavy atom. The molecule has 2 aromatic heterocycles. The smallest absolute Gasteiger partial charge is 0.230 e. The average molecular weight is 391 g/mol. The van der Waals surface area contributed by atoms with Crippen LogP contribution in [0.15, 0.2) is 24.3 Å². The Morgan fingerprint density at radius 1 is 1.15 bits per heavy atom. The van der Waals surface area contributed by atoms with Gasteiger partial charge in [0.05, 0.1) is 24.1 Å². The second kappa shape index (κ2) is 8.79. The molecule has 0 saturated heterocycles. The number of nitrogens with zero attached hydrogens (tertiary/aromatic N) is 4. The number of methoxy groups -OCH3 is 2. The largest absolute Gasteiger partial charge is 0.492 e. The highest BCUT2D eigenvalue weighted by atomic mass is 32.1. The van der Waals surface area contributed by atoms with E-state index in [1.807, 2.05) is 19.1 Å². The van der Waals surface area contributed by atoms with Crippen molar-refractivity contribution in [3.63, 3.8) is 0 Å². The fraction of sp³-hybridized carbons (Fsp3) is 0.474. The van der Waals surface area contributed by atoms with Crippen LogP contribution in [0.1, 0.15) is 27.9 Å². The fourth-order valence-corrected chi connectivity index (χ4v) is 4.36. The minimum Gasteiger partial charge on any atom is -0.492 e. The number of fused-ring (bicyclic) bond motifs is 1. The van der Waals surface area contributed by atoms with Crippen molar-refractivity contribution >= 4 is 16.3 Å². The summed E-state index contributed by atoms with van der Waals surface area (Å²) in [6.45, 7) is 6.52. The number of hydrogen-bond acceptors (Lipinski definition) is 7. The van der Waals surface area contributed by atoms with Crippen LogP contribution in [0.3, 0.4) is 0 Å². The fourth-order valence-electron chi connectivity index (χ4n) is 3.21. The van der Waals surface area contributed by atoms with Gasteiger partial charge in [0.2, 0.25) is 10.8 Å². The molecule has 27 heavy (non-hydrogen) atoms. The molecule has 0 aliphatic rings. The highest BCUT2D eigenvalue weighted by Crippen LogP contribution is 2.40. The van der Waals surface area contributed by atoms with Crippen LogP contribution in [-0.4, -0.2) is 65.1 Å². The van der Waals surface area contributed by atoms with Gasteiger partial charge in [-0.15, -0.1) is 5.10 Å². The molecule has 3 rings (SSSR count). The van der Waals surface area contributed by atoms with Gasteiger partial charge < -0.3 is 14.6 Å². The predicted octanol–water partition coefficient (Wildman–Crippen LogP) is 2.80. The zero-order valence-corrected chi connectivity index (χ0v) is 17.0. The van der Waals surface area contributed by atoms with Gasteiger partial charge in [-0.1, -0.05) is 35.6 Å². The van der Waals surface area contributed by atoms with E-state index in [1.165, 1.54) is 15.9 Å². The normalized spacial score (nSPS) is 12.9. The number of ether oxygens (including phenoxy) is 2. The third kappa shape index (κ3) is 4.14. The topological polar surface area (TPSA) is 72.1 Å². The first kappa shape index (κ1) is 19.8. The Hall–Kier alpha value is -2.00. The van der Waals surface area contributed by atoms with E-state index in [4.69, 9.17) is 9.47 Å². The van der Waals surface area contributed by atoms with Crippen molar-refractivity contribution in [3.05, 3.63) is 46.1 Å². The number of benzene rings is 1. The number of hydrogen-bond donors (Lipinski definition) is 1. The zero-order chi connectivity index (χ0) is 19.4. The summed E-state index contributed by atoms with van der Waals surface area (Å²) in [6, 6.07) is 8.11. The molecule has 0 amide bonds. The van der Waals surface area contributed by atoms with Gasteiger partial charge in [-0.3, -0.25) is 4.90 Å². The second-order valence-corrected chi connectivity index (χ2v) is 7.43. The number of rotatable bonds is 9. The summed E-state index contributed by atoms with van der Waals surface area (Å²) in [5.41, 5.74) is 2.30. The molecule has 0 fully saturated rings. The van der Waals surface area contributed by atoms with Crippen molar-refractivity contribution in [2.45, 2.75) is 19.9 Å². The summed E-state index contributed by atoms with van der Waals surface area (Å²) in [7, 11) is 3.39. The van der Waals surface area contributed by atoms with Crippen LogP contribution in [0.2, 0.25) is 0 Å². The Labute approximate surface area is 163 Å². The maximum atomic E-state index is 10.9. The van der Waals surface area contributed by atoms with E-state index in [0.29, 0.717) is 37.1 Å². The Morgan fingerprint density at radius 2 is 1.81 bits per heavy atom. The maximum Gasteiger partial charge on any atom is 0.230 e. The number of aromatic nitrogens is 3. The van der Waals surface area contributed by atoms with Gasteiger partial charge in [0.1, 0.15) is 5.82 Å². The van der Waals surface area contributed by atoms with Crippen molar-refractivity contribution in [1.82, 2.24) is 19.5 Å². The van der Waals surface area contributed by atoms with Crippen molar-refractivity contribution in [3.8, 4) is 5.88 Å². The van der Waals surface area contributed by atoms with E-state index < -0.39 is 0 Å². The molecule has 3 aromatic rings. The second-order valence-electron chi connectivity index (χ2n) is 6.42. The van der Waals surface area contributed by atoms with Gasteiger partial charge in [-0.05, 0) is 25.0 Å². The van der Waals surface area contributed by atoms with E-state index >= 15 is 0 Å². The molecule has 8 heteroatoms. The molecule has 0 aliphatic carbocycles. The number of thiazole rings is 1. The van der Waals surface area contributed by atoms with Gasteiger partial charge in [0, 0.05) is 27.3 Å². The predicted molar refractivity (Wildman–Crippen MR) is 106 cm³/mol. The van der Waals surface area contributed by atoms with E-state index in [0.717, 1.165) is 16.0 Å². The monoisotopic (exact) mass is 390 g/mol. The summed E-state index contributed by atoms with van der Waals surface area (Å²) in [5.74, 6) is 0.787. The van der Waals surface area contributed by atoms with E-state index in [2.05, 4.69) is 34.0 Å². The molecule has 0 bridgehead atoms. The van der Waals surface area contributed by atoms with Gasteiger partial charge in [0.15, 0.2) is 0 Å². The van der Waals surface area contributed by atoms with Crippen molar-refractivity contribution in [2.24, 2.45) is 0 Å². The summed E-state index contributed by atoms with van der Waals surface area (Å²) < 4.78 is 12.2. The Balaban J connectivity index is 2.11. The molecule has 1 N–H and O–H groups in total. The van der Waals surface area contributed by atoms with Gasteiger partial charge in [-0.25, -0.2) is 4.98 Å². The van der Waals surface area contributed by atoms with Crippen LogP contribution in [0.5, 0.6) is 5.88 Å². The molecule has 146 valence electrons. The van der Waals surface area contributed by atoms with E-state index in [-0.39, 0.29) is 11.9 Å². The summed E-state index contributed by atoms with van der Waals surface area (Å²) >= 11 is 1.47. The highest BCUT2D eigenvalue weighted by molar-refractivity contribution is 7.17. The quantitative estimate of drug-likeness (QED) is 0.606. The average Bonchev–Trinajstić information content (AvgIpc) is 3.16. The molecule has 1 aromatic carbocycles. The van der Waals surface area contributed by atoms with Crippen LogP contribution in [-0.2, 0) is 9.47 Å². The molecule has 2 heterocycles. The lowest BCUT2D eigenvalue weighted by molar-refractivity contribution is 0.0971. The maximum absolute atomic E-state index is 10.9. The lowest BCUT2D eigenvalue weighted by atomic mass is 9.98. The van der Waals surface area contributed by atoms with Crippen molar-refractivity contribution < 1.29 is 14.6 Å². The molecule has 1 unspecified atom stereocenters. The molecule has 0 radical (unpaired) electrons. The van der Waals surface area contributed by atoms with E-state index in [9.17, 15) is 5.11 Å². The summed E-state index contributed by atoms with van der Waals surface area (Å²) in [4.78, 5) is 8.21. The van der Waals surface area contributed by atoms with Crippen molar-refractivity contribution in [1.29, 1.82) is 0 Å². The first-order valence-electron chi connectivity index (χ1n) is 8.89. The van der Waals surface area contributed by atoms with Gasteiger partial charge in [0.25, 0.3) is 0 Å². The molecule has 0 spiro atoms. The Kier molecular flexibility index (Phi) is 6.43. The highest BCUT2D eigenvalue weighted by Gasteiger charge is 2.30. The molecule has 1 atom stereocenters. The molecule has 0 aliphatic heterocycles. The molecular weight excluding hydrogens is 364 g/mol.